The Balaban J connectivity index is 1.87. The number of aliphatic hydroxyl groups is 1. The van der Waals surface area contributed by atoms with E-state index in [2.05, 4.69) is 20.1 Å². The highest BCUT2D eigenvalue weighted by atomic mass is 35.5. The summed E-state index contributed by atoms with van der Waals surface area (Å²) < 4.78 is -1.27. The van der Waals surface area contributed by atoms with Crippen molar-refractivity contribution in [3.63, 3.8) is 0 Å². The van der Waals surface area contributed by atoms with Crippen molar-refractivity contribution >= 4 is 46.8 Å². The molecule has 3 amide bonds. The number of carbonyl (C=O) groups excluding carboxylic acids is 3. The number of aliphatic hydroxyl groups excluding tert-OH is 1. The number of para-hydroxylation sites is 1. The summed E-state index contributed by atoms with van der Waals surface area (Å²) in [5.74, 6) is -1.85. The van der Waals surface area contributed by atoms with Crippen molar-refractivity contribution < 1.29 is 19.5 Å². The van der Waals surface area contributed by atoms with Crippen LogP contribution in [-0.4, -0.2) is 80.4 Å². The molecule has 1 aromatic rings. The highest BCUT2D eigenvalue weighted by Crippen LogP contribution is 2.72. The highest BCUT2D eigenvalue weighted by molar-refractivity contribution is 8.02. The van der Waals surface area contributed by atoms with Gasteiger partial charge >= 0.3 is 0 Å². The Morgan fingerprint density at radius 2 is 1.88 bits per heavy atom. The van der Waals surface area contributed by atoms with Gasteiger partial charge in [0.05, 0.1) is 39.9 Å². The molecule has 3 fully saturated rings. The second-order valence-corrected chi connectivity index (χ2v) is 14.0. The van der Waals surface area contributed by atoms with Crippen molar-refractivity contribution in [2.45, 2.75) is 68.5 Å². The molecule has 2 bridgehead atoms. The minimum absolute atomic E-state index is 0.0520. The molecule has 9 heteroatoms. The second-order valence-electron chi connectivity index (χ2n) is 11.7. The summed E-state index contributed by atoms with van der Waals surface area (Å²) in [5, 5.41) is 10.9. The molecule has 3 saturated heterocycles. The molecule has 2 unspecified atom stereocenters. The molecule has 1 aromatic carbocycles. The zero-order valence-corrected chi connectivity index (χ0v) is 25.6. The zero-order valence-electron chi connectivity index (χ0n) is 24.0. The van der Waals surface area contributed by atoms with E-state index in [0.29, 0.717) is 30.2 Å². The van der Waals surface area contributed by atoms with Crippen LogP contribution in [0.1, 0.15) is 47.0 Å². The molecular weight excluding hydrogens is 546 g/mol. The number of anilines is 1. The lowest BCUT2D eigenvalue weighted by molar-refractivity contribution is -0.147. The Morgan fingerprint density at radius 3 is 2.45 bits per heavy atom. The van der Waals surface area contributed by atoms with Crippen molar-refractivity contribution in [1.82, 2.24) is 9.80 Å². The van der Waals surface area contributed by atoms with Crippen molar-refractivity contribution in [1.29, 1.82) is 0 Å². The van der Waals surface area contributed by atoms with E-state index >= 15 is 0 Å². The van der Waals surface area contributed by atoms with Crippen LogP contribution in [0.25, 0.3) is 0 Å². The number of thioether (sulfide) groups is 1. The molecule has 3 aliphatic rings. The third-order valence-electron chi connectivity index (χ3n) is 8.90. The number of hydrogen-bond donors (Lipinski definition) is 1. The van der Waals surface area contributed by atoms with Gasteiger partial charge in [0.2, 0.25) is 11.8 Å². The van der Waals surface area contributed by atoms with E-state index in [1.807, 2.05) is 26.8 Å². The van der Waals surface area contributed by atoms with Gasteiger partial charge in [0.25, 0.3) is 5.91 Å². The van der Waals surface area contributed by atoms with E-state index in [-0.39, 0.29) is 36.8 Å². The first kappa shape index (κ1) is 30.7. The lowest BCUT2D eigenvalue weighted by Gasteiger charge is -2.40. The molecule has 1 spiro atoms. The standard InChI is InChI=1S/C31H42ClN3O4S/c1-7-16-33(17-8-2)27(37)24-25-28(38)35(23(19-36)20(4)5)26(31(25)15-14-30(24,6)40-31)29(39)34(18-9-3)22-13-11-10-12-21(22)32/h7,9-13,20,23-26,36H,1,3,8,14-19H2,2,4-6H3/t23-,24+,25-,26?,30-,31?/m0/s1. The van der Waals surface area contributed by atoms with Gasteiger partial charge in [-0.2, -0.15) is 0 Å². The van der Waals surface area contributed by atoms with Crippen LogP contribution in [0.3, 0.4) is 0 Å². The molecule has 40 heavy (non-hydrogen) atoms. The first-order valence-corrected chi connectivity index (χ1v) is 15.4. The lowest BCUT2D eigenvalue weighted by Crippen LogP contribution is -2.58. The Kier molecular flexibility index (Phi) is 9.13. The maximum Gasteiger partial charge on any atom is 0.251 e. The minimum Gasteiger partial charge on any atom is -0.394 e. The van der Waals surface area contributed by atoms with Crippen LogP contribution in [0.2, 0.25) is 5.02 Å². The number of amides is 3. The SMILES string of the molecule is C=CCN(CCC)C(=O)[C@H]1[C@H]2C(=O)N([C@@H](CO)C(C)C)C(C(=O)N(CC=C)c3ccccc3Cl)C23CC[C@]1(C)S3. The summed E-state index contributed by atoms with van der Waals surface area (Å²) >= 11 is 8.20. The third-order valence-corrected chi connectivity index (χ3v) is 11.2. The largest absolute Gasteiger partial charge is 0.394 e. The van der Waals surface area contributed by atoms with E-state index in [0.717, 1.165) is 12.8 Å². The summed E-state index contributed by atoms with van der Waals surface area (Å²) in [6.07, 6.45) is 5.52. The number of likely N-dealkylation sites (tertiary alicyclic amines) is 1. The number of rotatable bonds is 12. The van der Waals surface area contributed by atoms with Crippen LogP contribution in [0.5, 0.6) is 0 Å². The van der Waals surface area contributed by atoms with E-state index in [1.54, 1.807) is 56.8 Å². The lowest BCUT2D eigenvalue weighted by atomic mass is 9.66. The van der Waals surface area contributed by atoms with E-state index in [1.165, 1.54) is 0 Å². The van der Waals surface area contributed by atoms with Crippen molar-refractivity contribution in [3.8, 4) is 0 Å². The molecule has 1 N–H and O–H groups in total. The molecule has 7 nitrogen and oxygen atoms in total. The molecule has 0 saturated carbocycles. The van der Waals surface area contributed by atoms with E-state index < -0.39 is 33.4 Å². The van der Waals surface area contributed by atoms with Gasteiger partial charge in [0, 0.05) is 24.4 Å². The Labute approximate surface area is 247 Å². The summed E-state index contributed by atoms with van der Waals surface area (Å²) in [6, 6.07) is 5.72. The van der Waals surface area contributed by atoms with Gasteiger partial charge in [0.15, 0.2) is 0 Å². The molecule has 0 aliphatic carbocycles. The molecule has 3 aliphatic heterocycles. The molecule has 218 valence electrons. The fourth-order valence-electron chi connectivity index (χ4n) is 7.16. The first-order chi connectivity index (χ1) is 19.0. The molecule has 3 heterocycles. The molecule has 6 atom stereocenters. The second kappa shape index (κ2) is 11.9. The van der Waals surface area contributed by atoms with Crippen LogP contribution in [0.15, 0.2) is 49.6 Å². The number of carbonyl (C=O) groups is 3. The number of nitrogens with zero attached hydrogens (tertiary/aromatic N) is 3. The van der Waals surface area contributed by atoms with Crippen LogP contribution in [0, 0.1) is 17.8 Å². The smallest absolute Gasteiger partial charge is 0.251 e. The highest BCUT2D eigenvalue weighted by Gasteiger charge is 2.78. The van der Waals surface area contributed by atoms with Crippen LogP contribution < -0.4 is 4.90 Å². The number of fused-ring (bicyclic) bond motifs is 1. The average molecular weight is 588 g/mol. The molecule has 0 aromatic heterocycles. The predicted molar refractivity (Wildman–Crippen MR) is 162 cm³/mol. The van der Waals surface area contributed by atoms with Crippen LogP contribution >= 0.6 is 23.4 Å². The van der Waals surface area contributed by atoms with Crippen LogP contribution in [-0.2, 0) is 14.4 Å². The Morgan fingerprint density at radius 1 is 1.20 bits per heavy atom. The number of benzene rings is 1. The molecular formula is C31H42ClN3O4S. The van der Waals surface area contributed by atoms with Gasteiger partial charge in [-0.25, -0.2) is 0 Å². The van der Waals surface area contributed by atoms with Gasteiger partial charge in [-0.3, -0.25) is 14.4 Å². The summed E-state index contributed by atoms with van der Waals surface area (Å²) in [4.78, 5) is 48.5. The fourth-order valence-corrected chi connectivity index (χ4v) is 9.73. The van der Waals surface area contributed by atoms with E-state index in [4.69, 9.17) is 11.6 Å². The van der Waals surface area contributed by atoms with Gasteiger partial charge in [-0.15, -0.1) is 24.9 Å². The quantitative estimate of drug-likeness (QED) is 0.356. The summed E-state index contributed by atoms with van der Waals surface area (Å²) in [7, 11) is 0. The topological polar surface area (TPSA) is 81.2 Å². The Bertz CT molecular complexity index is 1180. The Hall–Kier alpha value is -2.29. The van der Waals surface area contributed by atoms with Crippen LogP contribution in [0.4, 0.5) is 5.69 Å². The van der Waals surface area contributed by atoms with Gasteiger partial charge < -0.3 is 19.8 Å². The van der Waals surface area contributed by atoms with Crippen molar-refractivity contribution in [2.24, 2.45) is 17.8 Å². The number of hydrogen-bond acceptors (Lipinski definition) is 5. The summed E-state index contributed by atoms with van der Waals surface area (Å²) in [6.45, 7) is 16.6. The minimum atomic E-state index is -0.857. The third kappa shape index (κ3) is 4.80. The first-order valence-electron chi connectivity index (χ1n) is 14.2. The predicted octanol–water partition coefficient (Wildman–Crippen LogP) is 4.78. The normalized spacial score (nSPS) is 29.4. The monoisotopic (exact) mass is 587 g/mol. The summed E-state index contributed by atoms with van der Waals surface area (Å²) in [5.41, 5.74) is 0.544. The maximum absolute atomic E-state index is 14.8. The maximum atomic E-state index is 14.8. The van der Waals surface area contributed by atoms with Gasteiger partial charge in [-0.05, 0) is 44.2 Å². The van der Waals surface area contributed by atoms with Crippen molar-refractivity contribution in [2.75, 3.05) is 31.1 Å². The molecule has 0 radical (unpaired) electrons. The van der Waals surface area contributed by atoms with Gasteiger partial charge in [0.1, 0.15) is 6.04 Å². The number of halogens is 1. The molecule has 4 rings (SSSR count). The average Bonchev–Trinajstić information content (AvgIpc) is 3.48. The zero-order chi connectivity index (χ0) is 29.4. The van der Waals surface area contributed by atoms with Crippen molar-refractivity contribution in [3.05, 3.63) is 54.6 Å². The van der Waals surface area contributed by atoms with E-state index in [9.17, 15) is 19.5 Å². The van der Waals surface area contributed by atoms with Gasteiger partial charge in [-0.1, -0.05) is 56.7 Å². The fraction of sp³-hybridized carbons (Fsp3) is 0.581.